The van der Waals surface area contributed by atoms with Crippen LogP contribution in [0.5, 0.6) is 0 Å². The summed E-state index contributed by atoms with van der Waals surface area (Å²) in [4.78, 5) is 15.4. The molecule has 1 aliphatic rings. The van der Waals surface area contributed by atoms with Crippen LogP contribution in [0, 0.1) is 6.92 Å². The lowest BCUT2D eigenvalue weighted by atomic mass is 10.0. The molecule has 1 aromatic heterocycles. The molecule has 4 rings (SSSR count). The van der Waals surface area contributed by atoms with Crippen LogP contribution in [0.15, 0.2) is 42.5 Å². The number of benzene rings is 2. The first-order valence-corrected chi connectivity index (χ1v) is 13.8. The number of rotatable bonds is 8. The van der Waals surface area contributed by atoms with Gasteiger partial charge in [0.25, 0.3) is 5.91 Å². The predicted molar refractivity (Wildman–Crippen MR) is 135 cm³/mol. The molecule has 1 unspecified atom stereocenters. The molecular weight excluding hydrogens is 464 g/mol. The van der Waals surface area contributed by atoms with Crippen LogP contribution in [0.3, 0.4) is 0 Å². The molecule has 0 radical (unpaired) electrons. The van der Waals surface area contributed by atoms with Gasteiger partial charge in [-0.2, -0.15) is 4.68 Å². The van der Waals surface area contributed by atoms with Crippen molar-refractivity contribution in [1.82, 2.24) is 30.4 Å². The third kappa shape index (κ3) is 6.32. The van der Waals surface area contributed by atoms with Crippen molar-refractivity contribution < 1.29 is 13.2 Å². The van der Waals surface area contributed by atoms with Gasteiger partial charge >= 0.3 is 0 Å². The Morgan fingerprint density at radius 3 is 2.49 bits per heavy atom. The van der Waals surface area contributed by atoms with Gasteiger partial charge in [-0.25, -0.2) is 8.42 Å². The van der Waals surface area contributed by atoms with Crippen LogP contribution in [0.25, 0.3) is 16.8 Å². The number of sulfone groups is 1. The Kier molecular flexibility index (Phi) is 7.61. The van der Waals surface area contributed by atoms with Crippen molar-refractivity contribution in [3.63, 3.8) is 0 Å². The van der Waals surface area contributed by atoms with E-state index in [2.05, 4.69) is 32.7 Å². The van der Waals surface area contributed by atoms with Gasteiger partial charge in [0.1, 0.15) is 0 Å². The fourth-order valence-corrected chi connectivity index (χ4v) is 5.51. The maximum absolute atomic E-state index is 13.3. The van der Waals surface area contributed by atoms with Crippen LogP contribution in [0.2, 0.25) is 0 Å². The van der Waals surface area contributed by atoms with Gasteiger partial charge in [0, 0.05) is 37.7 Å². The lowest BCUT2D eigenvalue weighted by molar-refractivity contribution is 0.0930. The second-order valence-electron chi connectivity index (χ2n) is 9.22. The Morgan fingerprint density at radius 2 is 1.80 bits per heavy atom. The van der Waals surface area contributed by atoms with E-state index in [9.17, 15) is 13.2 Å². The summed E-state index contributed by atoms with van der Waals surface area (Å²) in [6, 6.07) is 13.7. The monoisotopic (exact) mass is 496 g/mol. The minimum absolute atomic E-state index is 0.140. The number of nitrogens with one attached hydrogen (secondary N) is 1. The molecule has 1 amide bonds. The third-order valence-electron chi connectivity index (χ3n) is 6.16. The molecule has 1 fully saturated rings. The number of hydrogen-bond donors (Lipinski definition) is 1. The number of carbonyl (C=O) groups excluding carboxylic acids is 1. The number of tetrazole rings is 1. The van der Waals surface area contributed by atoms with Crippen molar-refractivity contribution in [3.05, 3.63) is 59.4 Å². The molecule has 1 atom stereocenters. The normalized spacial score (nSPS) is 16.7. The van der Waals surface area contributed by atoms with E-state index in [4.69, 9.17) is 0 Å². The van der Waals surface area contributed by atoms with E-state index >= 15 is 0 Å². The first-order valence-electron chi connectivity index (χ1n) is 12.0. The summed E-state index contributed by atoms with van der Waals surface area (Å²) in [5.41, 5.74) is 4.31. The van der Waals surface area contributed by atoms with Crippen molar-refractivity contribution in [2.45, 2.75) is 39.7 Å². The average molecular weight is 497 g/mol. The number of hydrogen-bond acceptors (Lipinski definition) is 7. The van der Waals surface area contributed by atoms with E-state index in [1.54, 1.807) is 4.68 Å². The SMILES string of the molecule is CCCc1nnnn1-c1cc(C(=O)NC(C)CN2CCS(=O)(=O)CC2)cc(-c2ccc(C)cc2)c1. The lowest BCUT2D eigenvalue weighted by Gasteiger charge is -2.29. The van der Waals surface area contributed by atoms with Crippen molar-refractivity contribution in [2.24, 2.45) is 0 Å². The van der Waals surface area contributed by atoms with Gasteiger partial charge in [-0.05, 0) is 60.0 Å². The highest BCUT2D eigenvalue weighted by molar-refractivity contribution is 7.91. The molecule has 10 heteroatoms. The summed E-state index contributed by atoms with van der Waals surface area (Å²) in [6.07, 6.45) is 1.63. The largest absolute Gasteiger partial charge is 0.348 e. The molecule has 1 N–H and O–H groups in total. The Labute approximate surface area is 206 Å². The molecule has 2 aromatic carbocycles. The maximum Gasteiger partial charge on any atom is 0.251 e. The van der Waals surface area contributed by atoms with Gasteiger partial charge in [-0.3, -0.25) is 9.69 Å². The summed E-state index contributed by atoms with van der Waals surface area (Å²) < 4.78 is 25.1. The van der Waals surface area contributed by atoms with Crippen LogP contribution < -0.4 is 5.32 Å². The lowest BCUT2D eigenvalue weighted by Crippen LogP contribution is -2.47. The molecule has 0 spiro atoms. The van der Waals surface area contributed by atoms with E-state index in [-0.39, 0.29) is 23.5 Å². The van der Waals surface area contributed by atoms with Crippen molar-refractivity contribution in [2.75, 3.05) is 31.1 Å². The van der Waals surface area contributed by atoms with E-state index < -0.39 is 9.84 Å². The molecule has 3 aromatic rings. The van der Waals surface area contributed by atoms with Crippen molar-refractivity contribution >= 4 is 15.7 Å². The molecule has 2 heterocycles. The van der Waals surface area contributed by atoms with Crippen molar-refractivity contribution in [1.29, 1.82) is 0 Å². The van der Waals surface area contributed by atoms with Crippen LogP contribution in [-0.2, 0) is 16.3 Å². The quantitative estimate of drug-likeness (QED) is 0.510. The minimum atomic E-state index is -2.93. The Morgan fingerprint density at radius 1 is 1.09 bits per heavy atom. The van der Waals surface area contributed by atoms with E-state index in [0.717, 1.165) is 41.0 Å². The summed E-state index contributed by atoms with van der Waals surface area (Å²) in [6.45, 7) is 7.63. The van der Waals surface area contributed by atoms with Gasteiger partial charge in [0.15, 0.2) is 15.7 Å². The number of aromatic nitrogens is 4. The fraction of sp³-hybridized carbons (Fsp3) is 0.440. The second kappa shape index (κ2) is 10.7. The number of carbonyl (C=O) groups is 1. The summed E-state index contributed by atoms with van der Waals surface area (Å²) >= 11 is 0. The third-order valence-corrected chi connectivity index (χ3v) is 7.77. The Bertz CT molecular complexity index is 1270. The maximum atomic E-state index is 13.3. The minimum Gasteiger partial charge on any atom is -0.348 e. The highest BCUT2D eigenvalue weighted by atomic mass is 32.2. The Balaban J connectivity index is 1.59. The topological polar surface area (TPSA) is 110 Å². The first-order chi connectivity index (χ1) is 16.7. The predicted octanol–water partition coefficient (Wildman–Crippen LogP) is 2.44. The van der Waals surface area contributed by atoms with Crippen LogP contribution >= 0.6 is 0 Å². The molecular formula is C25H32N6O3S. The van der Waals surface area contributed by atoms with Gasteiger partial charge in [0.05, 0.1) is 17.2 Å². The highest BCUT2D eigenvalue weighted by Crippen LogP contribution is 2.25. The molecule has 35 heavy (non-hydrogen) atoms. The van der Waals surface area contributed by atoms with Gasteiger partial charge in [-0.1, -0.05) is 36.8 Å². The Hall–Kier alpha value is -3.11. The van der Waals surface area contributed by atoms with Crippen molar-refractivity contribution in [3.8, 4) is 16.8 Å². The molecule has 9 nitrogen and oxygen atoms in total. The molecule has 0 bridgehead atoms. The zero-order valence-corrected chi connectivity index (χ0v) is 21.3. The van der Waals surface area contributed by atoms with Crippen LogP contribution in [-0.4, -0.2) is 76.6 Å². The van der Waals surface area contributed by atoms with Gasteiger partial charge in [-0.15, -0.1) is 5.10 Å². The first kappa shape index (κ1) is 25.0. The summed E-state index contributed by atoms with van der Waals surface area (Å²) in [5.74, 6) is 0.888. The molecule has 0 aliphatic carbocycles. The molecule has 186 valence electrons. The highest BCUT2D eigenvalue weighted by Gasteiger charge is 2.23. The average Bonchev–Trinajstić information content (AvgIpc) is 3.29. The van der Waals surface area contributed by atoms with Gasteiger partial charge < -0.3 is 5.32 Å². The number of amides is 1. The van der Waals surface area contributed by atoms with E-state index in [0.29, 0.717) is 25.2 Å². The van der Waals surface area contributed by atoms with Crippen LogP contribution in [0.1, 0.15) is 42.0 Å². The number of aryl methyl sites for hydroxylation is 2. The molecule has 1 saturated heterocycles. The zero-order valence-electron chi connectivity index (χ0n) is 20.4. The molecule has 1 aliphatic heterocycles. The number of nitrogens with zero attached hydrogens (tertiary/aromatic N) is 5. The fourth-order valence-electron chi connectivity index (χ4n) is 4.24. The summed E-state index contributed by atoms with van der Waals surface area (Å²) in [5, 5.41) is 15.2. The standard InChI is InChI=1S/C25H32N6O3S/c1-4-5-24-27-28-29-31(24)23-15-21(20-8-6-18(2)7-9-20)14-22(16-23)25(32)26-19(3)17-30-10-12-35(33,34)13-11-30/h6-9,14-16,19H,4-5,10-13,17H2,1-3H3,(H,26,32). The van der Waals surface area contributed by atoms with Gasteiger partial charge in [0.2, 0.25) is 0 Å². The van der Waals surface area contributed by atoms with Crippen LogP contribution in [0.4, 0.5) is 0 Å². The zero-order chi connectivity index (χ0) is 25.0. The second-order valence-corrected chi connectivity index (χ2v) is 11.5. The molecule has 0 saturated carbocycles. The van der Waals surface area contributed by atoms with E-state index in [1.807, 2.05) is 56.3 Å². The smallest absolute Gasteiger partial charge is 0.251 e. The van der Waals surface area contributed by atoms with E-state index in [1.165, 1.54) is 0 Å². The summed E-state index contributed by atoms with van der Waals surface area (Å²) in [7, 11) is -2.93.